The number of ether oxygens (including phenoxy) is 3. The van der Waals surface area contributed by atoms with Crippen molar-refractivity contribution >= 4 is 22.5 Å². The van der Waals surface area contributed by atoms with E-state index >= 15 is 0 Å². The first-order valence-corrected chi connectivity index (χ1v) is 8.03. The molecule has 1 aromatic heterocycles. The highest BCUT2D eigenvalue weighted by atomic mass is 16.5. The van der Waals surface area contributed by atoms with Gasteiger partial charge in [0.2, 0.25) is 5.88 Å². The van der Waals surface area contributed by atoms with Crippen LogP contribution in [0.2, 0.25) is 0 Å². The van der Waals surface area contributed by atoms with E-state index in [0.29, 0.717) is 22.6 Å². The summed E-state index contributed by atoms with van der Waals surface area (Å²) in [5.74, 6) is 0.856. The topological polar surface area (TPSA) is 94.6 Å². The molecule has 0 aliphatic heterocycles. The number of carbonyl (C=O) groups is 1. The molecule has 0 unspecified atom stereocenters. The van der Waals surface area contributed by atoms with Crippen LogP contribution < -0.4 is 14.2 Å². The van der Waals surface area contributed by atoms with Crippen LogP contribution in [0, 0.1) is 0 Å². The molecule has 27 heavy (non-hydrogen) atoms. The Morgan fingerprint density at radius 3 is 2.41 bits per heavy atom. The zero-order valence-corrected chi connectivity index (χ0v) is 15.4. The van der Waals surface area contributed by atoms with Gasteiger partial charge in [-0.15, -0.1) is 10.2 Å². The molecule has 8 nitrogen and oxygen atoms in total. The number of hydrogen-bond donors (Lipinski definition) is 1. The van der Waals surface area contributed by atoms with Crippen molar-refractivity contribution in [1.82, 2.24) is 4.57 Å². The smallest absolute Gasteiger partial charge is 0.295 e. The number of hydrogen-bond acceptors (Lipinski definition) is 6. The second-order valence-corrected chi connectivity index (χ2v) is 5.69. The molecule has 0 saturated heterocycles. The minimum Gasteiger partial charge on any atom is -0.497 e. The zero-order valence-electron chi connectivity index (χ0n) is 15.4. The molecule has 0 atom stereocenters. The lowest BCUT2D eigenvalue weighted by atomic mass is 10.2. The maximum atomic E-state index is 12.4. The summed E-state index contributed by atoms with van der Waals surface area (Å²) in [4.78, 5) is 12.4. The van der Waals surface area contributed by atoms with Crippen LogP contribution in [0.4, 0.5) is 5.69 Å². The summed E-state index contributed by atoms with van der Waals surface area (Å²) in [6, 6.07) is 9.99. The highest BCUT2D eigenvalue weighted by molar-refractivity contribution is 5.98. The minimum atomic E-state index is -0.574. The molecule has 3 rings (SSSR count). The molecule has 0 bridgehead atoms. The SMILES string of the molecule is COc1ccc2c(c1)c(N=NC(=O)c1ccc(OC)c(OC)c1)c(O)n2C. The summed E-state index contributed by atoms with van der Waals surface area (Å²) in [7, 11) is 6.23. The summed E-state index contributed by atoms with van der Waals surface area (Å²) < 4.78 is 17.1. The number of fused-ring (bicyclic) bond motifs is 1. The number of methoxy groups -OCH3 is 3. The molecule has 0 aliphatic carbocycles. The number of benzene rings is 2. The van der Waals surface area contributed by atoms with Crippen LogP contribution in [0.3, 0.4) is 0 Å². The average molecular weight is 369 g/mol. The molecule has 1 amide bonds. The van der Waals surface area contributed by atoms with Crippen LogP contribution in [0.25, 0.3) is 10.9 Å². The van der Waals surface area contributed by atoms with Gasteiger partial charge >= 0.3 is 0 Å². The maximum absolute atomic E-state index is 12.4. The second kappa shape index (κ2) is 7.36. The van der Waals surface area contributed by atoms with Crippen molar-refractivity contribution in [3.05, 3.63) is 42.0 Å². The first kappa shape index (κ1) is 18.2. The fraction of sp³-hybridized carbons (Fsp3) is 0.211. The number of azo groups is 1. The van der Waals surface area contributed by atoms with Gasteiger partial charge in [-0.1, -0.05) is 0 Å². The Balaban J connectivity index is 1.98. The predicted molar refractivity (Wildman–Crippen MR) is 99.5 cm³/mol. The van der Waals surface area contributed by atoms with Crippen LogP contribution >= 0.6 is 0 Å². The molecular weight excluding hydrogens is 350 g/mol. The second-order valence-electron chi connectivity index (χ2n) is 5.69. The van der Waals surface area contributed by atoms with E-state index in [0.717, 1.165) is 5.52 Å². The Kier molecular flexibility index (Phi) is 4.98. The van der Waals surface area contributed by atoms with Crippen LogP contribution in [0.5, 0.6) is 23.1 Å². The Morgan fingerprint density at radius 1 is 1.00 bits per heavy atom. The van der Waals surface area contributed by atoms with E-state index in [4.69, 9.17) is 14.2 Å². The van der Waals surface area contributed by atoms with Gasteiger partial charge in [-0.25, -0.2) is 0 Å². The monoisotopic (exact) mass is 369 g/mol. The lowest BCUT2D eigenvalue weighted by Gasteiger charge is -2.07. The van der Waals surface area contributed by atoms with E-state index < -0.39 is 5.91 Å². The van der Waals surface area contributed by atoms with E-state index in [1.807, 2.05) is 0 Å². The van der Waals surface area contributed by atoms with Crippen molar-refractivity contribution in [3.63, 3.8) is 0 Å². The molecule has 140 valence electrons. The van der Waals surface area contributed by atoms with Gasteiger partial charge in [0.05, 0.1) is 26.8 Å². The third kappa shape index (κ3) is 3.29. The van der Waals surface area contributed by atoms with Crippen molar-refractivity contribution in [2.24, 2.45) is 17.3 Å². The molecule has 1 N–H and O–H groups in total. The Hall–Kier alpha value is -3.55. The highest BCUT2D eigenvalue weighted by Crippen LogP contribution is 2.39. The van der Waals surface area contributed by atoms with Gasteiger partial charge < -0.3 is 23.9 Å². The largest absolute Gasteiger partial charge is 0.497 e. The number of carbonyl (C=O) groups excluding carboxylic acids is 1. The van der Waals surface area contributed by atoms with Crippen LogP contribution in [0.1, 0.15) is 10.4 Å². The summed E-state index contributed by atoms with van der Waals surface area (Å²) >= 11 is 0. The maximum Gasteiger partial charge on any atom is 0.295 e. The Morgan fingerprint density at radius 2 is 1.74 bits per heavy atom. The molecule has 3 aromatic rings. The molecular formula is C19H19N3O5. The van der Waals surface area contributed by atoms with Gasteiger partial charge in [-0.05, 0) is 36.4 Å². The van der Waals surface area contributed by atoms with Crippen molar-refractivity contribution in [3.8, 4) is 23.1 Å². The van der Waals surface area contributed by atoms with Gasteiger partial charge in [-0.2, -0.15) is 0 Å². The molecule has 1 heterocycles. The van der Waals surface area contributed by atoms with Gasteiger partial charge in [0.1, 0.15) is 5.75 Å². The Bertz CT molecular complexity index is 1040. The van der Waals surface area contributed by atoms with Gasteiger partial charge in [-0.3, -0.25) is 4.79 Å². The fourth-order valence-electron chi connectivity index (χ4n) is 2.74. The standard InChI is InChI=1S/C19H19N3O5/c1-22-14-7-6-12(25-2)10-13(14)17(19(22)24)20-21-18(23)11-5-8-15(26-3)16(9-11)27-4/h5-10,24H,1-4H3. The Labute approximate surface area is 155 Å². The first-order chi connectivity index (χ1) is 13.0. The molecule has 0 radical (unpaired) electrons. The highest BCUT2D eigenvalue weighted by Gasteiger charge is 2.16. The molecule has 0 fully saturated rings. The molecule has 0 aliphatic rings. The van der Waals surface area contributed by atoms with Crippen molar-refractivity contribution < 1.29 is 24.1 Å². The number of aromatic nitrogens is 1. The van der Waals surface area contributed by atoms with Gasteiger partial charge in [0.25, 0.3) is 5.91 Å². The number of rotatable bonds is 5. The van der Waals surface area contributed by atoms with Crippen LogP contribution in [-0.4, -0.2) is 36.9 Å². The van der Waals surface area contributed by atoms with E-state index in [1.165, 1.54) is 20.3 Å². The summed E-state index contributed by atoms with van der Waals surface area (Å²) in [5.41, 5.74) is 1.22. The quantitative estimate of drug-likeness (QED) is 0.690. The van der Waals surface area contributed by atoms with E-state index in [9.17, 15) is 9.90 Å². The fourth-order valence-corrected chi connectivity index (χ4v) is 2.74. The van der Waals surface area contributed by atoms with E-state index in [2.05, 4.69) is 10.2 Å². The lowest BCUT2D eigenvalue weighted by Crippen LogP contribution is -1.97. The number of nitrogens with zero attached hydrogens (tertiary/aromatic N) is 3. The normalized spacial score (nSPS) is 11.1. The van der Waals surface area contributed by atoms with Crippen LogP contribution in [-0.2, 0) is 7.05 Å². The predicted octanol–water partition coefficient (Wildman–Crippen LogP) is 3.83. The molecule has 2 aromatic carbocycles. The van der Waals surface area contributed by atoms with Gasteiger partial charge in [0, 0.05) is 18.0 Å². The molecule has 0 spiro atoms. The van der Waals surface area contributed by atoms with Crippen molar-refractivity contribution in [1.29, 1.82) is 0 Å². The molecule has 0 saturated carbocycles. The number of aryl methyl sites for hydroxylation is 1. The first-order valence-electron chi connectivity index (χ1n) is 8.03. The van der Waals surface area contributed by atoms with Crippen LogP contribution in [0.15, 0.2) is 46.6 Å². The van der Waals surface area contributed by atoms with Crippen molar-refractivity contribution in [2.75, 3.05) is 21.3 Å². The van der Waals surface area contributed by atoms with Crippen molar-refractivity contribution in [2.45, 2.75) is 0 Å². The zero-order chi connectivity index (χ0) is 19.6. The average Bonchev–Trinajstić information content (AvgIpc) is 2.95. The third-order valence-electron chi connectivity index (χ3n) is 4.22. The summed E-state index contributed by atoms with van der Waals surface area (Å²) in [5, 5.41) is 18.7. The number of amides is 1. The minimum absolute atomic E-state index is 0.0953. The van der Waals surface area contributed by atoms with E-state index in [-0.39, 0.29) is 17.1 Å². The van der Waals surface area contributed by atoms with E-state index in [1.54, 1.807) is 49.1 Å². The lowest BCUT2D eigenvalue weighted by molar-refractivity contribution is 0.0994. The molecule has 8 heteroatoms. The summed E-state index contributed by atoms with van der Waals surface area (Å²) in [6.45, 7) is 0. The number of aromatic hydroxyl groups is 1. The van der Waals surface area contributed by atoms with Gasteiger partial charge in [0.15, 0.2) is 17.2 Å². The third-order valence-corrected chi connectivity index (χ3v) is 4.22. The summed E-state index contributed by atoms with van der Waals surface area (Å²) in [6.07, 6.45) is 0.